The Hall–Kier alpha value is -2.38. The van der Waals surface area contributed by atoms with Gasteiger partial charge in [0.05, 0.1) is 12.8 Å². The van der Waals surface area contributed by atoms with Gasteiger partial charge in [-0.1, -0.05) is 0 Å². The first kappa shape index (κ1) is 17.4. The van der Waals surface area contributed by atoms with Gasteiger partial charge in [-0.3, -0.25) is 9.78 Å². The standard InChI is InChI=1S/C18H17N3O2S2/c1-23-14-2-4-15(5-3-14)24-11-8-17(22)21-18-20-16(12-25-18)13-6-9-19-10-7-13/h2-7,9-10,12H,8,11H2,1H3,(H,20,21,22). The molecule has 0 radical (unpaired) electrons. The van der Waals surface area contributed by atoms with Crippen LogP contribution in [0.4, 0.5) is 5.13 Å². The summed E-state index contributed by atoms with van der Waals surface area (Å²) in [6, 6.07) is 11.6. The quantitative estimate of drug-likeness (QED) is 0.626. The molecule has 0 saturated heterocycles. The Balaban J connectivity index is 1.47. The van der Waals surface area contributed by atoms with E-state index in [9.17, 15) is 4.79 Å². The molecular formula is C18H17N3O2S2. The van der Waals surface area contributed by atoms with Gasteiger partial charge in [-0.25, -0.2) is 4.98 Å². The summed E-state index contributed by atoms with van der Waals surface area (Å²) < 4.78 is 5.13. The van der Waals surface area contributed by atoms with E-state index < -0.39 is 0 Å². The fourth-order valence-corrected chi connectivity index (χ4v) is 3.69. The predicted octanol–water partition coefficient (Wildman–Crippen LogP) is 4.33. The molecule has 0 fully saturated rings. The smallest absolute Gasteiger partial charge is 0.226 e. The molecule has 7 heteroatoms. The summed E-state index contributed by atoms with van der Waals surface area (Å²) in [5.74, 6) is 1.51. The number of benzene rings is 1. The van der Waals surface area contributed by atoms with Gasteiger partial charge in [0.25, 0.3) is 0 Å². The molecule has 0 spiro atoms. The van der Waals surface area contributed by atoms with Crippen molar-refractivity contribution in [3.8, 4) is 17.0 Å². The number of nitrogens with zero attached hydrogens (tertiary/aromatic N) is 2. The van der Waals surface area contributed by atoms with Crippen LogP contribution >= 0.6 is 23.1 Å². The highest BCUT2D eigenvalue weighted by molar-refractivity contribution is 7.99. The van der Waals surface area contributed by atoms with Crippen LogP contribution < -0.4 is 10.1 Å². The van der Waals surface area contributed by atoms with Gasteiger partial charge in [0.2, 0.25) is 5.91 Å². The molecule has 128 valence electrons. The average molecular weight is 371 g/mol. The number of pyridine rings is 1. The number of amides is 1. The van der Waals surface area contributed by atoms with Crippen molar-refractivity contribution in [2.24, 2.45) is 0 Å². The predicted molar refractivity (Wildman–Crippen MR) is 102 cm³/mol. The third-order valence-electron chi connectivity index (χ3n) is 3.38. The van der Waals surface area contributed by atoms with Crippen molar-refractivity contribution in [2.45, 2.75) is 11.3 Å². The third-order valence-corrected chi connectivity index (χ3v) is 5.16. The molecule has 0 unspecified atom stereocenters. The number of rotatable bonds is 7. The summed E-state index contributed by atoms with van der Waals surface area (Å²) in [5.41, 5.74) is 1.83. The molecule has 0 bridgehead atoms. The first-order valence-corrected chi connectivity index (χ1v) is 9.54. The lowest BCUT2D eigenvalue weighted by molar-refractivity contribution is -0.115. The number of thioether (sulfide) groups is 1. The number of carbonyl (C=O) groups is 1. The maximum absolute atomic E-state index is 12.1. The van der Waals surface area contributed by atoms with E-state index in [2.05, 4.69) is 15.3 Å². The van der Waals surface area contributed by atoms with E-state index in [0.29, 0.717) is 17.3 Å². The first-order valence-electron chi connectivity index (χ1n) is 7.67. The van der Waals surface area contributed by atoms with Gasteiger partial charge in [-0.05, 0) is 36.4 Å². The van der Waals surface area contributed by atoms with E-state index >= 15 is 0 Å². The second-order valence-corrected chi connectivity index (χ2v) is 7.12. The van der Waals surface area contributed by atoms with Crippen LogP contribution in [0.25, 0.3) is 11.3 Å². The van der Waals surface area contributed by atoms with Crippen LogP contribution in [0.1, 0.15) is 6.42 Å². The molecule has 1 amide bonds. The maximum atomic E-state index is 12.1. The van der Waals surface area contributed by atoms with Crippen LogP contribution in [0.15, 0.2) is 59.1 Å². The van der Waals surface area contributed by atoms with Gasteiger partial charge in [0, 0.05) is 40.4 Å². The number of aromatic nitrogens is 2. The Bertz CT molecular complexity index is 820. The fraction of sp³-hybridized carbons (Fsp3) is 0.167. The Morgan fingerprint density at radius 3 is 2.68 bits per heavy atom. The molecule has 1 N–H and O–H groups in total. The van der Waals surface area contributed by atoms with E-state index in [4.69, 9.17) is 4.74 Å². The second-order valence-electron chi connectivity index (χ2n) is 5.10. The van der Waals surface area contributed by atoms with Crippen LogP contribution in [-0.4, -0.2) is 28.7 Å². The summed E-state index contributed by atoms with van der Waals surface area (Å²) >= 11 is 3.06. The minimum absolute atomic E-state index is 0.0309. The summed E-state index contributed by atoms with van der Waals surface area (Å²) in [6.45, 7) is 0. The van der Waals surface area contributed by atoms with Crippen molar-refractivity contribution in [1.82, 2.24) is 9.97 Å². The van der Waals surface area contributed by atoms with Crippen LogP contribution in [0.2, 0.25) is 0 Å². The van der Waals surface area contributed by atoms with Crippen molar-refractivity contribution in [3.05, 3.63) is 54.2 Å². The van der Waals surface area contributed by atoms with E-state index in [1.54, 1.807) is 31.3 Å². The minimum Gasteiger partial charge on any atom is -0.497 e. The number of nitrogens with one attached hydrogen (secondary N) is 1. The SMILES string of the molecule is COc1ccc(SCCC(=O)Nc2nc(-c3ccncc3)cs2)cc1. The van der Waals surface area contributed by atoms with E-state index in [1.807, 2.05) is 41.8 Å². The van der Waals surface area contributed by atoms with E-state index in [1.165, 1.54) is 11.3 Å². The van der Waals surface area contributed by atoms with Gasteiger partial charge >= 0.3 is 0 Å². The molecule has 0 atom stereocenters. The molecule has 2 aromatic heterocycles. The molecule has 3 aromatic rings. The molecule has 2 heterocycles. The Morgan fingerprint density at radius 2 is 1.96 bits per heavy atom. The van der Waals surface area contributed by atoms with Gasteiger partial charge in [-0.2, -0.15) is 0 Å². The molecule has 25 heavy (non-hydrogen) atoms. The molecule has 0 aliphatic heterocycles. The average Bonchev–Trinajstić information content (AvgIpc) is 3.11. The van der Waals surface area contributed by atoms with Crippen molar-refractivity contribution in [3.63, 3.8) is 0 Å². The summed E-state index contributed by atoms with van der Waals surface area (Å²) in [7, 11) is 1.64. The van der Waals surface area contributed by atoms with Gasteiger partial charge in [0.1, 0.15) is 5.75 Å². The lowest BCUT2D eigenvalue weighted by Crippen LogP contribution is -2.11. The Labute approximate surface area is 154 Å². The zero-order valence-electron chi connectivity index (χ0n) is 13.6. The highest BCUT2D eigenvalue weighted by Gasteiger charge is 2.08. The minimum atomic E-state index is -0.0309. The number of carbonyl (C=O) groups excluding carboxylic acids is 1. The van der Waals surface area contributed by atoms with E-state index in [-0.39, 0.29) is 5.91 Å². The largest absolute Gasteiger partial charge is 0.497 e. The zero-order valence-corrected chi connectivity index (χ0v) is 15.3. The number of hydrogen-bond acceptors (Lipinski definition) is 6. The number of thiazole rings is 1. The lowest BCUT2D eigenvalue weighted by atomic mass is 10.2. The molecule has 0 aliphatic rings. The van der Waals surface area contributed by atoms with Crippen molar-refractivity contribution >= 4 is 34.1 Å². The van der Waals surface area contributed by atoms with Crippen LogP contribution in [0, 0.1) is 0 Å². The van der Waals surface area contributed by atoms with Gasteiger partial charge in [-0.15, -0.1) is 23.1 Å². The Kier molecular flexibility index (Phi) is 6.03. The fourth-order valence-electron chi connectivity index (χ4n) is 2.10. The lowest BCUT2D eigenvalue weighted by Gasteiger charge is -2.04. The molecule has 1 aromatic carbocycles. The van der Waals surface area contributed by atoms with Crippen LogP contribution in [0.5, 0.6) is 5.75 Å². The van der Waals surface area contributed by atoms with Crippen molar-refractivity contribution in [1.29, 1.82) is 0 Å². The third kappa shape index (κ3) is 5.04. The van der Waals surface area contributed by atoms with E-state index in [0.717, 1.165) is 21.9 Å². The van der Waals surface area contributed by atoms with Gasteiger partial charge < -0.3 is 10.1 Å². The molecule has 3 rings (SSSR count). The molecule has 5 nitrogen and oxygen atoms in total. The first-order chi connectivity index (χ1) is 12.2. The maximum Gasteiger partial charge on any atom is 0.226 e. The summed E-state index contributed by atoms with van der Waals surface area (Å²) in [4.78, 5) is 21.6. The zero-order chi connectivity index (χ0) is 17.5. The normalized spacial score (nSPS) is 10.4. The number of methoxy groups -OCH3 is 1. The number of ether oxygens (including phenoxy) is 1. The van der Waals surface area contributed by atoms with Gasteiger partial charge in [0.15, 0.2) is 5.13 Å². The second kappa shape index (κ2) is 8.64. The molecular weight excluding hydrogens is 354 g/mol. The molecule has 0 saturated carbocycles. The van der Waals surface area contributed by atoms with Crippen molar-refractivity contribution in [2.75, 3.05) is 18.2 Å². The number of hydrogen-bond donors (Lipinski definition) is 1. The monoisotopic (exact) mass is 371 g/mol. The summed E-state index contributed by atoms with van der Waals surface area (Å²) in [5, 5.41) is 5.40. The van der Waals surface area contributed by atoms with Crippen LogP contribution in [-0.2, 0) is 4.79 Å². The number of anilines is 1. The highest BCUT2D eigenvalue weighted by atomic mass is 32.2. The Morgan fingerprint density at radius 1 is 1.20 bits per heavy atom. The van der Waals surface area contributed by atoms with Crippen molar-refractivity contribution < 1.29 is 9.53 Å². The highest BCUT2D eigenvalue weighted by Crippen LogP contribution is 2.25. The topological polar surface area (TPSA) is 64.1 Å². The molecule has 0 aliphatic carbocycles. The van der Waals surface area contributed by atoms with Crippen LogP contribution in [0.3, 0.4) is 0 Å². The summed E-state index contributed by atoms with van der Waals surface area (Å²) in [6.07, 6.45) is 3.88.